The van der Waals surface area contributed by atoms with Crippen LogP contribution in [-0.2, 0) is 21.3 Å². The lowest BCUT2D eigenvalue weighted by Crippen LogP contribution is -2.33. The highest BCUT2D eigenvalue weighted by Gasteiger charge is 2.25. The van der Waals surface area contributed by atoms with Gasteiger partial charge in [-0.05, 0) is 31.2 Å². The number of ether oxygens (including phenoxy) is 1. The molecule has 0 saturated carbocycles. The molecule has 5 nitrogen and oxygen atoms in total. The molecular formula is C13H19ClN2O3S. The molecule has 1 N–H and O–H groups in total. The van der Waals surface area contributed by atoms with Crippen LogP contribution in [0.3, 0.4) is 0 Å². The fourth-order valence-corrected chi connectivity index (χ4v) is 3.94. The van der Waals surface area contributed by atoms with Gasteiger partial charge in [-0.3, -0.25) is 0 Å². The van der Waals surface area contributed by atoms with Crippen molar-refractivity contribution in [2.75, 3.05) is 33.4 Å². The Kier molecular flexibility index (Phi) is 5.40. The van der Waals surface area contributed by atoms with E-state index in [1.807, 2.05) is 7.05 Å². The van der Waals surface area contributed by atoms with Crippen LogP contribution < -0.4 is 5.32 Å². The predicted octanol–water partition coefficient (Wildman–Crippen LogP) is 1.47. The number of hydrogen-bond acceptors (Lipinski definition) is 4. The van der Waals surface area contributed by atoms with Crippen LogP contribution in [0.4, 0.5) is 0 Å². The second-order valence-electron chi connectivity index (χ2n) is 4.65. The largest absolute Gasteiger partial charge is 0.380 e. The van der Waals surface area contributed by atoms with Crippen LogP contribution in [0.5, 0.6) is 0 Å². The van der Waals surface area contributed by atoms with Crippen LogP contribution in [0.2, 0.25) is 5.02 Å². The van der Waals surface area contributed by atoms with Gasteiger partial charge < -0.3 is 10.1 Å². The quantitative estimate of drug-likeness (QED) is 0.913. The normalized spacial score (nSPS) is 17.9. The molecule has 7 heteroatoms. The molecule has 1 heterocycles. The fraction of sp³-hybridized carbons (Fsp3) is 0.538. The average Bonchev–Trinajstić information content (AvgIpc) is 2.70. The molecule has 0 aromatic heterocycles. The van der Waals surface area contributed by atoms with Crippen molar-refractivity contribution >= 4 is 21.6 Å². The summed E-state index contributed by atoms with van der Waals surface area (Å²) in [5.41, 5.74) is 0.882. The summed E-state index contributed by atoms with van der Waals surface area (Å²) in [6, 6.07) is 4.88. The highest BCUT2D eigenvalue weighted by Crippen LogP contribution is 2.24. The maximum Gasteiger partial charge on any atom is 0.243 e. The standard InChI is InChI=1S/C13H19ClN2O3S/c1-15-10-11-3-4-12(9-13(11)14)20(17,18)16-5-2-7-19-8-6-16/h3-4,9,15H,2,5-8,10H2,1H3. The van der Waals surface area contributed by atoms with Gasteiger partial charge in [0.25, 0.3) is 0 Å². The Labute approximate surface area is 124 Å². The van der Waals surface area contributed by atoms with Crippen LogP contribution in [0, 0.1) is 0 Å². The SMILES string of the molecule is CNCc1ccc(S(=O)(=O)N2CCCOCC2)cc1Cl. The molecule has 1 fully saturated rings. The Morgan fingerprint density at radius 1 is 1.35 bits per heavy atom. The molecule has 0 spiro atoms. The number of rotatable bonds is 4. The number of sulfonamides is 1. The summed E-state index contributed by atoms with van der Waals surface area (Å²) < 4.78 is 31.9. The summed E-state index contributed by atoms with van der Waals surface area (Å²) in [7, 11) is -1.67. The molecule has 0 unspecified atom stereocenters. The van der Waals surface area contributed by atoms with E-state index < -0.39 is 10.0 Å². The van der Waals surface area contributed by atoms with E-state index in [1.165, 1.54) is 10.4 Å². The highest BCUT2D eigenvalue weighted by atomic mass is 35.5. The number of hydrogen-bond donors (Lipinski definition) is 1. The predicted molar refractivity (Wildman–Crippen MR) is 78.4 cm³/mol. The van der Waals surface area contributed by atoms with E-state index in [2.05, 4.69) is 5.32 Å². The highest BCUT2D eigenvalue weighted by molar-refractivity contribution is 7.89. The molecule has 1 aliphatic rings. The fourth-order valence-electron chi connectivity index (χ4n) is 2.13. The minimum absolute atomic E-state index is 0.240. The summed E-state index contributed by atoms with van der Waals surface area (Å²) in [6.07, 6.45) is 0.713. The first-order valence-electron chi connectivity index (χ1n) is 6.56. The van der Waals surface area contributed by atoms with E-state index in [9.17, 15) is 8.42 Å². The Morgan fingerprint density at radius 3 is 2.85 bits per heavy atom. The van der Waals surface area contributed by atoms with Crippen molar-refractivity contribution in [1.29, 1.82) is 0 Å². The van der Waals surface area contributed by atoms with Crippen LogP contribution in [0.15, 0.2) is 23.1 Å². The van der Waals surface area contributed by atoms with Gasteiger partial charge in [0.15, 0.2) is 0 Å². The summed E-state index contributed by atoms with van der Waals surface area (Å²) in [5.74, 6) is 0. The second-order valence-corrected chi connectivity index (χ2v) is 7.00. The molecule has 1 aromatic carbocycles. The average molecular weight is 319 g/mol. The van der Waals surface area contributed by atoms with Crippen molar-refractivity contribution in [3.63, 3.8) is 0 Å². The van der Waals surface area contributed by atoms with Gasteiger partial charge in [-0.15, -0.1) is 0 Å². The lowest BCUT2D eigenvalue weighted by molar-refractivity contribution is 0.148. The molecule has 1 aromatic rings. The van der Waals surface area contributed by atoms with Gasteiger partial charge in [-0.25, -0.2) is 8.42 Å². The molecule has 0 atom stereocenters. The van der Waals surface area contributed by atoms with Gasteiger partial charge in [0.1, 0.15) is 0 Å². The van der Waals surface area contributed by atoms with Crippen molar-refractivity contribution < 1.29 is 13.2 Å². The lowest BCUT2D eigenvalue weighted by Gasteiger charge is -2.19. The van der Waals surface area contributed by atoms with Crippen LogP contribution in [-0.4, -0.2) is 46.1 Å². The minimum atomic E-state index is -3.49. The van der Waals surface area contributed by atoms with E-state index in [0.29, 0.717) is 44.3 Å². The van der Waals surface area contributed by atoms with Gasteiger partial charge in [0, 0.05) is 31.3 Å². The molecule has 112 valence electrons. The Hall–Kier alpha value is -0.660. The molecular weight excluding hydrogens is 300 g/mol. The summed E-state index contributed by atoms with van der Waals surface area (Å²) in [5, 5.41) is 3.46. The first-order chi connectivity index (χ1) is 9.55. The monoisotopic (exact) mass is 318 g/mol. The van der Waals surface area contributed by atoms with Crippen molar-refractivity contribution in [3.05, 3.63) is 28.8 Å². The number of nitrogens with zero attached hydrogens (tertiary/aromatic N) is 1. The molecule has 1 aliphatic heterocycles. The third kappa shape index (κ3) is 3.51. The Morgan fingerprint density at radius 2 is 2.15 bits per heavy atom. The zero-order chi connectivity index (χ0) is 14.6. The molecule has 20 heavy (non-hydrogen) atoms. The van der Waals surface area contributed by atoms with Crippen molar-refractivity contribution in [2.24, 2.45) is 0 Å². The molecule has 0 radical (unpaired) electrons. The zero-order valence-electron chi connectivity index (χ0n) is 11.4. The van der Waals surface area contributed by atoms with Crippen LogP contribution in [0.25, 0.3) is 0 Å². The maximum atomic E-state index is 12.6. The zero-order valence-corrected chi connectivity index (χ0v) is 13.0. The number of halogens is 1. The minimum Gasteiger partial charge on any atom is -0.380 e. The third-order valence-corrected chi connectivity index (χ3v) is 5.46. The van der Waals surface area contributed by atoms with Gasteiger partial charge >= 0.3 is 0 Å². The molecule has 0 aliphatic carbocycles. The first kappa shape index (κ1) is 15.7. The van der Waals surface area contributed by atoms with Gasteiger partial charge in [0.05, 0.1) is 11.5 Å². The second kappa shape index (κ2) is 6.87. The van der Waals surface area contributed by atoms with E-state index >= 15 is 0 Å². The van der Waals surface area contributed by atoms with Gasteiger partial charge in [-0.2, -0.15) is 4.31 Å². The maximum absolute atomic E-state index is 12.6. The van der Waals surface area contributed by atoms with Crippen LogP contribution in [0.1, 0.15) is 12.0 Å². The molecule has 2 rings (SSSR count). The summed E-state index contributed by atoms with van der Waals surface area (Å²) in [6.45, 7) is 2.52. The Bertz CT molecular complexity index is 555. The van der Waals surface area contributed by atoms with E-state index in [4.69, 9.17) is 16.3 Å². The summed E-state index contributed by atoms with van der Waals surface area (Å²) in [4.78, 5) is 0.240. The number of benzene rings is 1. The van der Waals surface area contributed by atoms with Crippen molar-refractivity contribution in [2.45, 2.75) is 17.9 Å². The first-order valence-corrected chi connectivity index (χ1v) is 8.38. The van der Waals surface area contributed by atoms with Gasteiger partial charge in [0.2, 0.25) is 10.0 Å². The third-order valence-electron chi connectivity index (χ3n) is 3.21. The Balaban J connectivity index is 2.26. The van der Waals surface area contributed by atoms with Gasteiger partial charge in [-0.1, -0.05) is 17.7 Å². The molecule has 0 amide bonds. The van der Waals surface area contributed by atoms with E-state index in [1.54, 1.807) is 12.1 Å². The molecule has 1 saturated heterocycles. The topological polar surface area (TPSA) is 58.6 Å². The number of nitrogens with one attached hydrogen (secondary N) is 1. The lowest BCUT2D eigenvalue weighted by atomic mass is 10.2. The van der Waals surface area contributed by atoms with Crippen molar-refractivity contribution in [3.8, 4) is 0 Å². The summed E-state index contributed by atoms with van der Waals surface area (Å²) >= 11 is 6.14. The van der Waals surface area contributed by atoms with E-state index in [-0.39, 0.29) is 4.90 Å². The smallest absolute Gasteiger partial charge is 0.243 e. The molecule has 0 bridgehead atoms. The van der Waals surface area contributed by atoms with E-state index in [0.717, 1.165) is 5.56 Å². The van der Waals surface area contributed by atoms with Crippen molar-refractivity contribution in [1.82, 2.24) is 9.62 Å². The van der Waals surface area contributed by atoms with Crippen LogP contribution >= 0.6 is 11.6 Å².